The molecule has 4 rings (SSSR count). The largest absolute Gasteiger partial charge is 0.378 e. The molecule has 1 fully saturated rings. The molecule has 1 atom stereocenters. The van der Waals surface area contributed by atoms with E-state index >= 15 is 0 Å². The van der Waals surface area contributed by atoms with Crippen molar-refractivity contribution in [3.63, 3.8) is 0 Å². The molecular weight excluding hydrogens is 350 g/mol. The first-order valence-electron chi connectivity index (χ1n) is 8.75. The zero-order valence-electron chi connectivity index (χ0n) is 14.3. The number of carbonyl (C=O) groups is 1. The van der Waals surface area contributed by atoms with Gasteiger partial charge in [-0.2, -0.15) is 0 Å². The molecule has 3 heterocycles. The van der Waals surface area contributed by atoms with Crippen molar-refractivity contribution in [3.8, 4) is 0 Å². The van der Waals surface area contributed by atoms with E-state index in [0.29, 0.717) is 37.7 Å². The van der Waals surface area contributed by atoms with Crippen LogP contribution in [0.1, 0.15) is 23.6 Å². The minimum absolute atomic E-state index is 0.0833. The lowest BCUT2D eigenvalue weighted by Gasteiger charge is -2.28. The summed E-state index contributed by atoms with van der Waals surface area (Å²) in [5, 5.41) is 0.642. The Morgan fingerprint density at radius 2 is 1.92 bits per heavy atom. The van der Waals surface area contributed by atoms with Gasteiger partial charge in [-0.1, -0.05) is 41.9 Å². The summed E-state index contributed by atoms with van der Waals surface area (Å²) in [6.45, 7) is 2.51. The number of amides is 1. The molecule has 0 saturated carbocycles. The van der Waals surface area contributed by atoms with Gasteiger partial charge in [-0.05, 0) is 17.7 Å². The molecule has 1 unspecified atom stereocenters. The highest BCUT2D eigenvalue weighted by Crippen LogP contribution is 2.30. The molecule has 1 saturated heterocycles. The molecular formula is C20H20ClN3O2. The number of imidazole rings is 1. The topological polar surface area (TPSA) is 46.8 Å². The van der Waals surface area contributed by atoms with Crippen molar-refractivity contribution >= 4 is 23.2 Å². The van der Waals surface area contributed by atoms with E-state index in [-0.39, 0.29) is 11.8 Å². The molecule has 0 spiro atoms. The standard InChI is InChI=1S/C20H20ClN3O2/c21-16-6-7-19-22-13-18(24(19)14-16)17(15-4-2-1-3-5-15)12-20(25)23-8-10-26-11-9-23/h1-7,13-14,17H,8-12H2. The average molecular weight is 370 g/mol. The second kappa shape index (κ2) is 7.48. The van der Waals surface area contributed by atoms with Gasteiger partial charge in [0.05, 0.1) is 23.9 Å². The average Bonchev–Trinajstić information content (AvgIpc) is 3.10. The Bertz CT molecular complexity index is 904. The molecule has 0 bridgehead atoms. The maximum Gasteiger partial charge on any atom is 0.223 e. The summed E-state index contributed by atoms with van der Waals surface area (Å²) in [7, 11) is 0. The van der Waals surface area contributed by atoms with E-state index in [0.717, 1.165) is 16.9 Å². The first-order chi connectivity index (χ1) is 12.7. The number of ether oxygens (including phenoxy) is 1. The van der Waals surface area contributed by atoms with Gasteiger partial charge in [-0.3, -0.25) is 4.79 Å². The highest BCUT2D eigenvalue weighted by atomic mass is 35.5. The monoisotopic (exact) mass is 369 g/mol. The number of nitrogens with zero attached hydrogens (tertiary/aromatic N) is 3. The van der Waals surface area contributed by atoms with Crippen LogP contribution in [0.2, 0.25) is 5.02 Å². The molecule has 1 aliphatic rings. The highest BCUT2D eigenvalue weighted by molar-refractivity contribution is 6.30. The molecule has 2 aromatic heterocycles. The Morgan fingerprint density at radius 3 is 2.69 bits per heavy atom. The summed E-state index contributed by atoms with van der Waals surface area (Å²) in [5.41, 5.74) is 2.88. The minimum Gasteiger partial charge on any atom is -0.378 e. The lowest BCUT2D eigenvalue weighted by molar-refractivity contribution is -0.135. The third kappa shape index (κ3) is 3.45. The first kappa shape index (κ1) is 17.1. The van der Waals surface area contributed by atoms with Crippen molar-refractivity contribution in [1.29, 1.82) is 0 Å². The number of pyridine rings is 1. The van der Waals surface area contributed by atoms with Crippen LogP contribution in [0.25, 0.3) is 5.65 Å². The number of carbonyl (C=O) groups excluding carboxylic acids is 1. The quantitative estimate of drug-likeness (QED) is 0.708. The van der Waals surface area contributed by atoms with Crippen LogP contribution in [0.4, 0.5) is 0 Å². The summed E-state index contributed by atoms with van der Waals surface area (Å²) in [4.78, 5) is 19.3. The van der Waals surface area contributed by atoms with Gasteiger partial charge < -0.3 is 14.0 Å². The molecule has 5 nitrogen and oxygen atoms in total. The molecule has 1 amide bonds. The van der Waals surface area contributed by atoms with Gasteiger partial charge in [-0.25, -0.2) is 4.98 Å². The third-order valence-corrected chi connectivity index (χ3v) is 5.02. The van der Waals surface area contributed by atoms with E-state index in [9.17, 15) is 4.79 Å². The van der Waals surface area contributed by atoms with Gasteiger partial charge in [0.1, 0.15) is 5.65 Å². The van der Waals surface area contributed by atoms with Crippen molar-refractivity contribution in [2.24, 2.45) is 0 Å². The lowest BCUT2D eigenvalue weighted by Crippen LogP contribution is -2.41. The van der Waals surface area contributed by atoms with Gasteiger partial charge >= 0.3 is 0 Å². The predicted octanol–water partition coefficient (Wildman–Crippen LogP) is 3.37. The number of benzene rings is 1. The van der Waals surface area contributed by atoms with E-state index in [4.69, 9.17) is 16.3 Å². The Morgan fingerprint density at radius 1 is 1.15 bits per heavy atom. The van der Waals surface area contributed by atoms with Crippen molar-refractivity contribution in [2.75, 3.05) is 26.3 Å². The van der Waals surface area contributed by atoms with Crippen LogP contribution in [0.5, 0.6) is 0 Å². The molecule has 0 aliphatic carbocycles. The number of hydrogen-bond donors (Lipinski definition) is 0. The fraction of sp³-hybridized carbons (Fsp3) is 0.300. The molecule has 1 aliphatic heterocycles. The number of aromatic nitrogens is 2. The molecule has 6 heteroatoms. The van der Waals surface area contributed by atoms with Gasteiger partial charge in [0.25, 0.3) is 0 Å². The Balaban J connectivity index is 1.71. The van der Waals surface area contributed by atoms with Crippen molar-refractivity contribution < 1.29 is 9.53 Å². The number of halogens is 1. The summed E-state index contributed by atoms with van der Waals surface area (Å²) < 4.78 is 7.34. The summed E-state index contributed by atoms with van der Waals surface area (Å²) in [6, 6.07) is 13.8. The van der Waals surface area contributed by atoms with Crippen LogP contribution in [0, 0.1) is 0 Å². The molecule has 134 valence electrons. The highest BCUT2D eigenvalue weighted by Gasteiger charge is 2.25. The molecule has 3 aromatic rings. The van der Waals surface area contributed by atoms with Crippen LogP contribution >= 0.6 is 11.6 Å². The minimum atomic E-state index is -0.0833. The van der Waals surface area contributed by atoms with Crippen LogP contribution in [0.15, 0.2) is 54.9 Å². The fourth-order valence-electron chi connectivity index (χ4n) is 3.43. The van der Waals surface area contributed by atoms with Crippen LogP contribution in [-0.2, 0) is 9.53 Å². The second-order valence-electron chi connectivity index (χ2n) is 6.42. The predicted molar refractivity (Wildman–Crippen MR) is 101 cm³/mol. The number of hydrogen-bond acceptors (Lipinski definition) is 3. The lowest BCUT2D eigenvalue weighted by atomic mass is 9.92. The van der Waals surface area contributed by atoms with E-state index < -0.39 is 0 Å². The molecule has 0 radical (unpaired) electrons. The maximum atomic E-state index is 12.9. The Labute approximate surface area is 157 Å². The molecule has 1 aromatic carbocycles. The zero-order valence-corrected chi connectivity index (χ0v) is 15.1. The van der Waals surface area contributed by atoms with E-state index in [1.54, 1.807) is 0 Å². The van der Waals surface area contributed by atoms with Crippen LogP contribution < -0.4 is 0 Å². The maximum absolute atomic E-state index is 12.9. The van der Waals surface area contributed by atoms with Crippen LogP contribution in [0.3, 0.4) is 0 Å². The Hall–Kier alpha value is -2.37. The van der Waals surface area contributed by atoms with Gasteiger partial charge in [0.15, 0.2) is 0 Å². The Kier molecular flexibility index (Phi) is 4.91. The SMILES string of the molecule is O=C(CC(c1ccccc1)c1cnc2ccc(Cl)cn12)N1CCOCC1. The second-order valence-corrected chi connectivity index (χ2v) is 6.86. The third-order valence-electron chi connectivity index (χ3n) is 4.80. The molecule has 26 heavy (non-hydrogen) atoms. The van der Waals surface area contributed by atoms with E-state index in [2.05, 4.69) is 17.1 Å². The number of rotatable bonds is 4. The zero-order chi connectivity index (χ0) is 17.9. The van der Waals surface area contributed by atoms with E-state index in [1.807, 2.05) is 52.0 Å². The summed E-state index contributed by atoms with van der Waals surface area (Å²) >= 11 is 6.19. The van der Waals surface area contributed by atoms with Crippen molar-refractivity contribution in [3.05, 3.63) is 71.1 Å². The number of fused-ring (bicyclic) bond motifs is 1. The summed E-state index contributed by atoms with van der Waals surface area (Å²) in [6.07, 6.45) is 4.09. The van der Waals surface area contributed by atoms with Gasteiger partial charge in [0, 0.05) is 37.8 Å². The van der Waals surface area contributed by atoms with Gasteiger partial charge in [-0.15, -0.1) is 0 Å². The smallest absolute Gasteiger partial charge is 0.223 e. The van der Waals surface area contributed by atoms with Crippen molar-refractivity contribution in [1.82, 2.24) is 14.3 Å². The first-order valence-corrected chi connectivity index (χ1v) is 9.13. The fourth-order valence-corrected chi connectivity index (χ4v) is 3.59. The van der Waals surface area contributed by atoms with Gasteiger partial charge in [0.2, 0.25) is 5.91 Å². The van der Waals surface area contributed by atoms with Crippen LogP contribution in [-0.4, -0.2) is 46.5 Å². The molecule has 0 N–H and O–H groups in total. The number of morpholine rings is 1. The van der Waals surface area contributed by atoms with E-state index in [1.165, 1.54) is 0 Å². The van der Waals surface area contributed by atoms with Crippen molar-refractivity contribution in [2.45, 2.75) is 12.3 Å². The summed E-state index contributed by atoms with van der Waals surface area (Å²) in [5.74, 6) is 0.0548. The normalized spacial score (nSPS) is 16.0.